The molecule has 4 rings (SSSR count). The highest BCUT2D eigenvalue weighted by atomic mass is 16.5. The molecule has 2 aliphatic heterocycles. The Bertz CT molecular complexity index is 815. The summed E-state index contributed by atoms with van der Waals surface area (Å²) < 4.78 is 5.15. The quantitative estimate of drug-likeness (QED) is 0.729. The molecule has 1 aromatic rings. The fraction of sp³-hybridized carbons (Fsp3) is 0.739. The number of nitrogens with zero attached hydrogens (tertiary/aromatic N) is 4. The van der Waals surface area contributed by atoms with E-state index in [1.54, 1.807) is 0 Å². The third kappa shape index (κ3) is 4.62. The van der Waals surface area contributed by atoms with Crippen molar-refractivity contribution in [1.29, 1.82) is 0 Å². The topological polar surface area (TPSA) is 87.0 Å². The zero-order valence-electron chi connectivity index (χ0n) is 18.9. The second-order valence-corrected chi connectivity index (χ2v) is 9.55. The Morgan fingerprint density at radius 1 is 1.03 bits per heavy atom. The van der Waals surface area contributed by atoms with Crippen molar-refractivity contribution in [2.24, 2.45) is 11.8 Å². The van der Waals surface area contributed by atoms with E-state index in [0.29, 0.717) is 50.9 Å². The van der Waals surface area contributed by atoms with E-state index in [9.17, 15) is 14.4 Å². The number of piperazine rings is 1. The van der Waals surface area contributed by atoms with Gasteiger partial charge < -0.3 is 19.2 Å². The van der Waals surface area contributed by atoms with Crippen molar-refractivity contribution in [3.63, 3.8) is 0 Å². The zero-order chi connectivity index (χ0) is 22.1. The molecule has 1 aliphatic carbocycles. The molecular formula is C23H34N4O4. The SMILES string of the molecule is Cc1noc(C)c1CC(=O)N1CCN(C(=O)C2CC(=O)N(C3CCC(C)CC3)C2)CC1. The molecular weight excluding hydrogens is 396 g/mol. The van der Waals surface area contributed by atoms with Gasteiger partial charge in [0.2, 0.25) is 17.7 Å². The Morgan fingerprint density at radius 3 is 2.29 bits per heavy atom. The van der Waals surface area contributed by atoms with Gasteiger partial charge in [-0.2, -0.15) is 0 Å². The molecule has 0 radical (unpaired) electrons. The van der Waals surface area contributed by atoms with Crippen molar-refractivity contribution in [1.82, 2.24) is 19.9 Å². The molecule has 31 heavy (non-hydrogen) atoms. The van der Waals surface area contributed by atoms with E-state index >= 15 is 0 Å². The Balaban J connectivity index is 1.27. The minimum atomic E-state index is -0.239. The minimum Gasteiger partial charge on any atom is -0.361 e. The van der Waals surface area contributed by atoms with Crippen LogP contribution in [0.5, 0.6) is 0 Å². The van der Waals surface area contributed by atoms with Gasteiger partial charge in [-0.25, -0.2) is 0 Å². The monoisotopic (exact) mass is 430 g/mol. The fourth-order valence-electron chi connectivity index (χ4n) is 5.26. The summed E-state index contributed by atoms with van der Waals surface area (Å²) >= 11 is 0. The first-order valence-electron chi connectivity index (χ1n) is 11.6. The van der Waals surface area contributed by atoms with Crippen molar-refractivity contribution in [3.8, 4) is 0 Å². The lowest BCUT2D eigenvalue weighted by atomic mass is 9.86. The normalized spacial score (nSPS) is 27.1. The van der Waals surface area contributed by atoms with E-state index in [4.69, 9.17) is 4.52 Å². The molecule has 1 unspecified atom stereocenters. The van der Waals surface area contributed by atoms with Crippen LogP contribution >= 0.6 is 0 Å². The van der Waals surface area contributed by atoms with Gasteiger partial charge in [0, 0.05) is 50.7 Å². The van der Waals surface area contributed by atoms with Crippen LogP contribution in [0.25, 0.3) is 0 Å². The molecule has 2 saturated heterocycles. The average Bonchev–Trinajstić information content (AvgIpc) is 3.31. The Labute approximate surface area is 183 Å². The van der Waals surface area contributed by atoms with Crippen molar-refractivity contribution >= 4 is 17.7 Å². The smallest absolute Gasteiger partial charge is 0.228 e. The van der Waals surface area contributed by atoms with Gasteiger partial charge in [0.15, 0.2) is 0 Å². The molecule has 8 heteroatoms. The lowest BCUT2D eigenvalue weighted by molar-refractivity contribution is -0.141. The Hall–Kier alpha value is -2.38. The average molecular weight is 431 g/mol. The highest BCUT2D eigenvalue weighted by Crippen LogP contribution is 2.32. The molecule has 8 nitrogen and oxygen atoms in total. The molecule has 1 atom stereocenters. The van der Waals surface area contributed by atoms with Gasteiger partial charge in [-0.3, -0.25) is 14.4 Å². The van der Waals surface area contributed by atoms with Gasteiger partial charge in [-0.15, -0.1) is 0 Å². The van der Waals surface area contributed by atoms with Crippen LogP contribution in [0.4, 0.5) is 0 Å². The van der Waals surface area contributed by atoms with Crippen LogP contribution in [0.2, 0.25) is 0 Å². The molecule has 1 saturated carbocycles. The number of amides is 3. The third-order valence-corrected chi connectivity index (χ3v) is 7.39. The molecule has 0 N–H and O–H groups in total. The second-order valence-electron chi connectivity index (χ2n) is 9.55. The maximum absolute atomic E-state index is 13.1. The molecule has 3 aliphatic rings. The molecule has 3 heterocycles. The predicted octanol–water partition coefficient (Wildman–Crippen LogP) is 1.93. The van der Waals surface area contributed by atoms with Crippen molar-refractivity contribution < 1.29 is 18.9 Å². The Kier molecular flexibility index (Phi) is 6.34. The number of aryl methyl sites for hydroxylation is 2. The highest BCUT2D eigenvalue weighted by Gasteiger charge is 2.40. The van der Waals surface area contributed by atoms with Crippen LogP contribution < -0.4 is 0 Å². The number of carbonyl (C=O) groups is 3. The van der Waals surface area contributed by atoms with Crippen LogP contribution in [-0.2, 0) is 20.8 Å². The first-order chi connectivity index (χ1) is 14.8. The second kappa shape index (κ2) is 9.01. The van der Waals surface area contributed by atoms with Crippen molar-refractivity contribution in [2.45, 2.75) is 65.3 Å². The third-order valence-electron chi connectivity index (χ3n) is 7.39. The van der Waals surface area contributed by atoms with E-state index in [2.05, 4.69) is 12.1 Å². The van der Waals surface area contributed by atoms with Gasteiger partial charge in [-0.05, 0) is 45.4 Å². The van der Waals surface area contributed by atoms with Crippen LogP contribution in [0.15, 0.2) is 4.52 Å². The van der Waals surface area contributed by atoms with E-state index < -0.39 is 0 Å². The number of rotatable bonds is 4. The van der Waals surface area contributed by atoms with Gasteiger partial charge in [-0.1, -0.05) is 12.1 Å². The number of carbonyl (C=O) groups excluding carboxylic acids is 3. The first-order valence-corrected chi connectivity index (χ1v) is 11.6. The molecule has 0 bridgehead atoms. The molecule has 0 spiro atoms. The number of hydrogen-bond acceptors (Lipinski definition) is 5. The van der Waals surface area contributed by atoms with E-state index in [1.807, 2.05) is 28.5 Å². The summed E-state index contributed by atoms with van der Waals surface area (Å²) in [7, 11) is 0. The van der Waals surface area contributed by atoms with Gasteiger partial charge in [0.05, 0.1) is 18.0 Å². The summed E-state index contributed by atoms with van der Waals surface area (Å²) in [5.41, 5.74) is 1.60. The lowest BCUT2D eigenvalue weighted by Crippen LogP contribution is -2.52. The molecule has 3 fully saturated rings. The van der Waals surface area contributed by atoms with E-state index in [1.165, 1.54) is 0 Å². The number of likely N-dealkylation sites (tertiary alicyclic amines) is 1. The standard InChI is InChI=1S/C23H34N4O4/c1-15-4-6-19(7-5-15)27-14-18(12-22(27)29)23(30)26-10-8-25(9-11-26)21(28)13-20-16(2)24-31-17(20)3/h15,18-19H,4-14H2,1-3H3. The number of aromatic nitrogens is 1. The van der Waals surface area contributed by atoms with Crippen LogP contribution in [0, 0.1) is 25.7 Å². The van der Waals surface area contributed by atoms with Crippen LogP contribution in [0.3, 0.4) is 0 Å². The van der Waals surface area contributed by atoms with Crippen LogP contribution in [0.1, 0.15) is 56.0 Å². The molecule has 0 aromatic carbocycles. The molecule has 3 amide bonds. The number of hydrogen-bond donors (Lipinski definition) is 0. The van der Waals surface area contributed by atoms with Crippen LogP contribution in [-0.4, -0.2) is 76.3 Å². The molecule has 170 valence electrons. The predicted molar refractivity (Wildman–Crippen MR) is 114 cm³/mol. The van der Waals surface area contributed by atoms with E-state index in [-0.39, 0.29) is 30.1 Å². The lowest BCUT2D eigenvalue weighted by Gasteiger charge is -2.36. The summed E-state index contributed by atoms with van der Waals surface area (Å²) in [6.07, 6.45) is 5.05. The van der Waals surface area contributed by atoms with Gasteiger partial charge in [0.25, 0.3) is 0 Å². The Morgan fingerprint density at radius 2 is 1.68 bits per heavy atom. The highest BCUT2D eigenvalue weighted by molar-refractivity contribution is 5.89. The zero-order valence-corrected chi connectivity index (χ0v) is 18.9. The summed E-state index contributed by atoms with van der Waals surface area (Å²) in [6, 6.07) is 0.306. The fourth-order valence-corrected chi connectivity index (χ4v) is 5.26. The minimum absolute atomic E-state index is 0.0373. The van der Waals surface area contributed by atoms with Crippen molar-refractivity contribution in [2.75, 3.05) is 32.7 Å². The summed E-state index contributed by atoms with van der Waals surface area (Å²) in [5, 5.41) is 3.91. The summed E-state index contributed by atoms with van der Waals surface area (Å²) in [4.78, 5) is 44.0. The van der Waals surface area contributed by atoms with E-state index in [0.717, 1.165) is 42.9 Å². The summed E-state index contributed by atoms with van der Waals surface area (Å²) in [6.45, 7) is 8.59. The maximum Gasteiger partial charge on any atom is 0.228 e. The maximum atomic E-state index is 13.1. The molecule has 1 aromatic heterocycles. The van der Waals surface area contributed by atoms with Gasteiger partial charge >= 0.3 is 0 Å². The van der Waals surface area contributed by atoms with Gasteiger partial charge in [0.1, 0.15) is 5.76 Å². The first kappa shape index (κ1) is 21.8. The van der Waals surface area contributed by atoms with Crippen molar-refractivity contribution in [3.05, 3.63) is 17.0 Å². The summed E-state index contributed by atoms with van der Waals surface area (Å²) in [5.74, 6) is 1.42. The largest absolute Gasteiger partial charge is 0.361 e.